The third-order valence-electron chi connectivity index (χ3n) is 4.53. The van der Waals surface area contributed by atoms with Crippen molar-refractivity contribution in [2.24, 2.45) is 5.92 Å². The molecule has 20 heavy (non-hydrogen) atoms. The minimum atomic E-state index is 0.688. The van der Waals surface area contributed by atoms with Crippen molar-refractivity contribution in [3.05, 3.63) is 36.3 Å². The van der Waals surface area contributed by atoms with E-state index in [4.69, 9.17) is 0 Å². The van der Waals surface area contributed by atoms with Crippen LogP contribution in [0.25, 0.3) is 5.65 Å². The fraction of sp³-hybridized carbons (Fsp3) is 0.588. The highest BCUT2D eigenvalue weighted by molar-refractivity contribution is 5.39. The number of rotatable bonds is 5. The van der Waals surface area contributed by atoms with Crippen molar-refractivity contribution in [3.8, 4) is 0 Å². The van der Waals surface area contributed by atoms with Crippen molar-refractivity contribution >= 4 is 5.65 Å². The van der Waals surface area contributed by atoms with Gasteiger partial charge in [-0.25, -0.2) is 4.98 Å². The molecule has 1 aliphatic rings. The summed E-state index contributed by atoms with van der Waals surface area (Å²) >= 11 is 0. The number of nitrogens with zero attached hydrogens (tertiary/aromatic N) is 2. The largest absolute Gasteiger partial charge is 0.308 e. The van der Waals surface area contributed by atoms with E-state index in [1.165, 1.54) is 38.5 Å². The quantitative estimate of drug-likeness (QED) is 0.896. The number of pyridine rings is 1. The van der Waals surface area contributed by atoms with Crippen molar-refractivity contribution < 1.29 is 0 Å². The molecular formula is C17H25N3. The van der Waals surface area contributed by atoms with Crippen LogP contribution in [0, 0.1) is 5.92 Å². The summed E-state index contributed by atoms with van der Waals surface area (Å²) in [6.45, 7) is 3.19. The smallest absolute Gasteiger partial charge is 0.137 e. The summed E-state index contributed by atoms with van der Waals surface area (Å²) in [6, 6.07) is 6.82. The van der Waals surface area contributed by atoms with Gasteiger partial charge in [0.25, 0.3) is 0 Å². The summed E-state index contributed by atoms with van der Waals surface area (Å²) in [7, 11) is 0. The normalized spacial score (nSPS) is 23.2. The summed E-state index contributed by atoms with van der Waals surface area (Å²) in [6.07, 6.45) is 12.4. The first kappa shape index (κ1) is 13.6. The van der Waals surface area contributed by atoms with Crippen LogP contribution in [0.4, 0.5) is 0 Å². The van der Waals surface area contributed by atoms with Crippen LogP contribution in [-0.4, -0.2) is 15.4 Å². The summed E-state index contributed by atoms with van der Waals surface area (Å²) in [4.78, 5) is 4.64. The molecule has 108 valence electrons. The van der Waals surface area contributed by atoms with Crippen LogP contribution in [0.5, 0.6) is 0 Å². The molecule has 0 amide bonds. The predicted octanol–water partition coefficient (Wildman–Crippen LogP) is 3.78. The second-order valence-corrected chi connectivity index (χ2v) is 6.09. The maximum Gasteiger partial charge on any atom is 0.137 e. The number of hydrogen-bond acceptors (Lipinski definition) is 2. The molecular weight excluding hydrogens is 246 g/mol. The van der Waals surface area contributed by atoms with Gasteiger partial charge in [0.05, 0.1) is 5.69 Å². The molecule has 0 unspecified atom stereocenters. The van der Waals surface area contributed by atoms with Crippen LogP contribution in [-0.2, 0) is 6.54 Å². The Kier molecular flexibility index (Phi) is 4.36. The molecule has 2 aromatic heterocycles. The fourth-order valence-corrected chi connectivity index (χ4v) is 3.38. The van der Waals surface area contributed by atoms with E-state index in [1.54, 1.807) is 0 Å². The summed E-state index contributed by atoms with van der Waals surface area (Å²) in [5.41, 5.74) is 2.18. The lowest BCUT2D eigenvalue weighted by Gasteiger charge is -2.28. The molecule has 2 heterocycles. The Labute approximate surface area is 121 Å². The van der Waals surface area contributed by atoms with Gasteiger partial charge in [0.2, 0.25) is 0 Å². The molecule has 1 N–H and O–H groups in total. The molecule has 1 aliphatic carbocycles. The molecule has 0 bridgehead atoms. The molecule has 0 spiro atoms. The van der Waals surface area contributed by atoms with Gasteiger partial charge in [0, 0.05) is 25.0 Å². The minimum Gasteiger partial charge on any atom is -0.308 e. The molecule has 0 atom stereocenters. The van der Waals surface area contributed by atoms with E-state index >= 15 is 0 Å². The fourth-order valence-electron chi connectivity index (χ4n) is 3.38. The zero-order valence-electron chi connectivity index (χ0n) is 12.4. The van der Waals surface area contributed by atoms with Crippen molar-refractivity contribution in [2.75, 3.05) is 0 Å². The van der Waals surface area contributed by atoms with E-state index in [1.807, 2.05) is 12.1 Å². The number of imidazole rings is 1. The predicted molar refractivity (Wildman–Crippen MR) is 82.7 cm³/mol. The zero-order valence-corrected chi connectivity index (χ0v) is 12.4. The Morgan fingerprint density at radius 2 is 2.10 bits per heavy atom. The Morgan fingerprint density at radius 3 is 2.85 bits per heavy atom. The average Bonchev–Trinajstić information content (AvgIpc) is 2.90. The maximum atomic E-state index is 4.64. The van der Waals surface area contributed by atoms with Crippen molar-refractivity contribution in [1.29, 1.82) is 0 Å². The number of fused-ring (bicyclic) bond motifs is 1. The number of aromatic nitrogens is 2. The van der Waals surface area contributed by atoms with Gasteiger partial charge in [0.15, 0.2) is 0 Å². The van der Waals surface area contributed by atoms with E-state index in [9.17, 15) is 0 Å². The lowest BCUT2D eigenvalue weighted by molar-refractivity contribution is 0.277. The van der Waals surface area contributed by atoms with Crippen LogP contribution in [0.3, 0.4) is 0 Å². The molecule has 0 saturated heterocycles. The van der Waals surface area contributed by atoms with Crippen LogP contribution in [0.1, 0.15) is 51.1 Å². The van der Waals surface area contributed by atoms with E-state index < -0.39 is 0 Å². The van der Waals surface area contributed by atoms with Crippen LogP contribution >= 0.6 is 0 Å². The van der Waals surface area contributed by atoms with Crippen LogP contribution in [0.2, 0.25) is 0 Å². The highest BCUT2D eigenvalue weighted by Gasteiger charge is 2.20. The lowest BCUT2D eigenvalue weighted by atomic mass is 9.83. The third kappa shape index (κ3) is 3.21. The standard InChI is InChI=1S/C17H25N3/c1-2-5-14-7-9-15(10-8-14)18-12-16-13-20-11-4-3-6-17(20)19-16/h3-4,6,11,13-15,18H,2,5,7-10,12H2,1H3. The SMILES string of the molecule is CCCC1CCC(NCc2cn3ccccc3n2)CC1. The highest BCUT2D eigenvalue weighted by atomic mass is 15.0. The van der Waals surface area contributed by atoms with Crippen molar-refractivity contribution in [2.45, 2.75) is 58.0 Å². The van der Waals surface area contributed by atoms with Gasteiger partial charge in [-0.3, -0.25) is 0 Å². The summed E-state index contributed by atoms with van der Waals surface area (Å²) < 4.78 is 2.09. The first-order chi connectivity index (χ1) is 9.85. The van der Waals surface area contributed by atoms with Gasteiger partial charge in [-0.1, -0.05) is 25.8 Å². The van der Waals surface area contributed by atoms with Crippen molar-refractivity contribution in [1.82, 2.24) is 14.7 Å². The van der Waals surface area contributed by atoms with E-state index in [0.29, 0.717) is 6.04 Å². The number of hydrogen-bond donors (Lipinski definition) is 1. The van der Waals surface area contributed by atoms with Gasteiger partial charge < -0.3 is 9.72 Å². The van der Waals surface area contributed by atoms with E-state index in [0.717, 1.165) is 23.8 Å². The van der Waals surface area contributed by atoms with Crippen LogP contribution < -0.4 is 5.32 Å². The third-order valence-corrected chi connectivity index (χ3v) is 4.53. The Balaban J connectivity index is 1.50. The maximum absolute atomic E-state index is 4.64. The van der Waals surface area contributed by atoms with Crippen LogP contribution in [0.15, 0.2) is 30.6 Å². The second-order valence-electron chi connectivity index (χ2n) is 6.09. The molecule has 0 aliphatic heterocycles. The first-order valence-corrected chi connectivity index (χ1v) is 8.01. The molecule has 1 saturated carbocycles. The average molecular weight is 271 g/mol. The van der Waals surface area contributed by atoms with Gasteiger partial charge in [-0.05, 0) is 43.7 Å². The number of nitrogens with one attached hydrogen (secondary N) is 1. The topological polar surface area (TPSA) is 29.3 Å². The molecule has 3 rings (SSSR count). The summed E-state index contributed by atoms with van der Waals surface area (Å²) in [5.74, 6) is 0.980. The molecule has 1 fully saturated rings. The Bertz CT molecular complexity index is 505. The summed E-state index contributed by atoms with van der Waals surface area (Å²) in [5, 5.41) is 3.69. The second kappa shape index (κ2) is 6.40. The first-order valence-electron chi connectivity index (χ1n) is 8.01. The molecule has 2 aromatic rings. The Hall–Kier alpha value is -1.35. The molecule has 0 aromatic carbocycles. The highest BCUT2D eigenvalue weighted by Crippen LogP contribution is 2.27. The monoisotopic (exact) mass is 271 g/mol. The van der Waals surface area contributed by atoms with Gasteiger partial charge in [0.1, 0.15) is 5.65 Å². The van der Waals surface area contributed by atoms with E-state index in [2.05, 4.69) is 40.1 Å². The van der Waals surface area contributed by atoms with Gasteiger partial charge >= 0.3 is 0 Å². The molecule has 0 radical (unpaired) electrons. The molecule has 3 heteroatoms. The van der Waals surface area contributed by atoms with Crippen molar-refractivity contribution in [3.63, 3.8) is 0 Å². The zero-order chi connectivity index (χ0) is 13.8. The Morgan fingerprint density at radius 1 is 1.25 bits per heavy atom. The van der Waals surface area contributed by atoms with Gasteiger partial charge in [-0.2, -0.15) is 0 Å². The van der Waals surface area contributed by atoms with E-state index in [-0.39, 0.29) is 0 Å². The van der Waals surface area contributed by atoms with Gasteiger partial charge in [-0.15, -0.1) is 0 Å². The lowest BCUT2D eigenvalue weighted by Crippen LogP contribution is -2.32. The minimum absolute atomic E-state index is 0.688. The molecule has 3 nitrogen and oxygen atoms in total.